The van der Waals surface area contributed by atoms with E-state index in [1.807, 2.05) is 13.0 Å². The smallest absolute Gasteiger partial charge is 0.366 e. The van der Waals surface area contributed by atoms with Crippen molar-refractivity contribution in [2.45, 2.75) is 26.1 Å². The maximum Gasteiger partial charge on any atom is 0.419 e. The summed E-state index contributed by atoms with van der Waals surface area (Å²) < 4.78 is 55.9. The highest BCUT2D eigenvalue weighted by Crippen LogP contribution is 2.35. The van der Waals surface area contributed by atoms with Crippen LogP contribution in [0.2, 0.25) is 0 Å². The number of nitrogens with zero attached hydrogens (tertiary/aromatic N) is 1. The first-order chi connectivity index (χ1) is 14.2. The minimum atomic E-state index is -4.79. The van der Waals surface area contributed by atoms with Gasteiger partial charge in [-0.25, -0.2) is 4.39 Å². The molecule has 4 rings (SSSR count). The second-order valence-corrected chi connectivity index (χ2v) is 7.05. The number of carbonyl (C=O) groups is 1. The van der Waals surface area contributed by atoms with Crippen LogP contribution in [0, 0.1) is 11.9 Å². The Balaban J connectivity index is 2.01. The molecule has 0 atom stereocenters. The molecule has 0 unspecified atom stereocenters. The number of primary amides is 1. The molecule has 0 aliphatic heterocycles. The van der Waals surface area contributed by atoms with E-state index in [4.69, 9.17) is 5.73 Å². The Morgan fingerprint density at radius 1 is 1.13 bits per heavy atom. The van der Waals surface area contributed by atoms with Gasteiger partial charge in [0.2, 0.25) is 5.91 Å². The molecule has 4 aromatic rings. The van der Waals surface area contributed by atoms with Gasteiger partial charge in [-0.2, -0.15) is 13.2 Å². The summed E-state index contributed by atoms with van der Waals surface area (Å²) in [5.74, 6) is -1.93. The monoisotopic (exact) mass is 413 g/mol. The average Bonchev–Trinajstić information content (AvgIpc) is 3.01. The van der Waals surface area contributed by atoms with E-state index in [1.165, 1.54) is 12.1 Å². The third kappa shape index (κ3) is 3.20. The largest absolute Gasteiger partial charge is 0.419 e. The first kappa shape index (κ1) is 19.9. The van der Waals surface area contributed by atoms with Gasteiger partial charge in [0.1, 0.15) is 5.82 Å². The van der Waals surface area contributed by atoms with Crippen molar-refractivity contribution in [1.29, 1.82) is 0 Å². The van der Waals surface area contributed by atoms with Gasteiger partial charge in [-0.15, -0.1) is 0 Å². The highest BCUT2D eigenvalue weighted by Gasteiger charge is 2.34. The van der Waals surface area contributed by atoms with Crippen LogP contribution in [0.15, 0.2) is 48.5 Å². The van der Waals surface area contributed by atoms with Crippen molar-refractivity contribution in [3.8, 4) is 0 Å². The third-order valence-electron chi connectivity index (χ3n) is 5.24. The molecule has 30 heavy (non-hydrogen) atoms. The SMILES string of the molecule is CCc1c[c]c2c3c(C(N)=O)cccc3n(Cc3cccc(C(F)(F)F)c3F)c2c1. The van der Waals surface area contributed by atoms with Crippen molar-refractivity contribution in [3.05, 3.63) is 82.7 Å². The Bertz CT molecular complexity index is 1290. The number of amides is 1. The van der Waals surface area contributed by atoms with Gasteiger partial charge in [0.05, 0.1) is 23.1 Å². The average molecular weight is 413 g/mol. The quantitative estimate of drug-likeness (QED) is 0.444. The van der Waals surface area contributed by atoms with Crippen LogP contribution in [-0.2, 0) is 19.1 Å². The number of alkyl halides is 3. The molecule has 3 nitrogen and oxygen atoms in total. The van der Waals surface area contributed by atoms with Crippen molar-refractivity contribution < 1.29 is 22.4 Å². The minimum Gasteiger partial charge on any atom is -0.366 e. The van der Waals surface area contributed by atoms with Crippen LogP contribution in [0.5, 0.6) is 0 Å². The van der Waals surface area contributed by atoms with Crippen LogP contribution in [0.1, 0.15) is 34.0 Å². The molecule has 0 saturated heterocycles. The molecule has 0 fully saturated rings. The zero-order valence-electron chi connectivity index (χ0n) is 16.0. The number of benzene rings is 3. The predicted molar refractivity (Wildman–Crippen MR) is 107 cm³/mol. The van der Waals surface area contributed by atoms with E-state index in [2.05, 4.69) is 6.07 Å². The van der Waals surface area contributed by atoms with Crippen LogP contribution < -0.4 is 5.73 Å². The van der Waals surface area contributed by atoms with E-state index in [0.717, 1.165) is 11.6 Å². The van der Waals surface area contributed by atoms with E-state index in [-0.39, 0.29) is 17.7 Å². The Morgan fingerprint density at radius 2 is 1.87 bits per heavy atom. The fourth-order valence-electron chi connectivity index (χ4n) is 3.77. The fourth-order valence-corrected chi connectivity index (χ4v) is 3.77. The molecule has 1 aromatic heterocycles. The summed E-state index contributed by atoms with van der Waals surface area (Å²) in [4.78, 5) is 12.0. The van der Waals surface area contributed by atoms with Crippen molar-refractivity contribution in [2.75, 3.05) is 0 Å². The standard InChI is InChI=1S/C23H17F4N2O/c1-2-13-9-10-15-19(11-13)29(18-8-4-6-16(20(15)18)22(28)30)12-14-5-3-7-17(21(14)24)23(25,26)27/h3-9,11H,2,12H2,1H3,(H2,28,30). The van der Waals surface area contributed by atoms with Crippen molar-refractivity contribution in [3.63, 3.8) is 0 Å². The van der Waals surface area contributed by atoms with Crippen molar-refractivity contribution in [1.82, 2.24) is 4.57 Å². The maximum atomic E-state index is 14.7. The molecule has 2 N–H and O–H groups in total. The van der Waals surface area contributed by atoms with Gasteiger partial charge >= 0.3 is 6.18 Å². The van der Waals surface area contributed by atoms with Gasteiger partial charge in [0.15, 0.2) is 0 Å². The highest BCUT2D eigenvalue weighted by molar-refractivity contribution is 6.17. The second-order valence-electron chi connectivity index (χ2n) is 7.05. The maximum absolute atomic E-state index is 14.7. The number of hydrogen-bond donors (Lipinski definition) is 1. The topological polar surface area (TPSA) is 48.0 Å². The molecule has 0 spiro atoms. The lowest BCUT2D eigenvalue weighted by Crippen LogP contribution is -2.12. The number of aryl methyl sites for hydroxylation is 1. The molecular formula is C23H17F4N2O. The molecular weight excluding hydrogens is 396 g/mol. The Morgan fingerprint density at radius 3 is 2.53 bits per heavy atom. The van der Waals surface area contributed by atoms with Gasteiger partial charge in [-0.1, -0.05) is 31.2 Å². The van der Waals surface area contributed by atoms with Crippen LogP contribution in [-0.4, -0.2) is 10.5 Å². The number of carbonyl (C=O) groups excluding carboxylic acids is 1. The summed E-state index contributed by atoms with van der Waals surface area (Å²) in [6, 6.07) is 15.0. The summed E-state index contributed by atoms with van der Waals surface area (Å²) in [7, 11) is 0. The van der Waals surface area contributed by atoms with E-state index in [9.17, 15) is 22.4 Å². The zero-order chi connectivity index (χ0) is 21.6. The Kier molecular flexibility index (Phi) is 4.76. The van der Waals surface area contributed by atoms with Gasteiger partial charge < -0.3 is 10.3 Å². The molecule has 0 aliphatic rings. The lowest BCUT2D eigenvalue weighted by atomic mass is 10.0. The predicted octanol–water partition coefficient (Wildman–Crippen LogP) is 5.46. The Hall–Kier alpha value is -3.35. The summed E-state index contributed by atoms with van der Waals surface area (Å²) in [6.45, 7) is 1.82. The first-order valence-corrected chi connectivity index (χ1v) is 9.32. The molecule has 0 bridgehead atoms. The molecule has 1 heterocycles. The molecule has 7 heteroatoms. The second kappa shape index (κ2) is 7.16. The number of nitrogens with two attached hydrogens (primary N) is 1. The molecule has 1 radical (unpaired) electrons. The molecule has 1 amide bonds. The number of hydrogen-bond acceptors (Lipinski definition) is 1. The van der Waals surface area contributed by atoms with Crippen molar-refractivity contribution in [2.24, 2.45) is 5.73 Å². The van der Waals surface area contributed by atoms with Crippen LogP contribution in [0.25, 0.3) is 21.8 Å². The van der Waals surface area contributed by atoms with Crippen LogP contribution in [0.4, 0.5) is 17.6 Å². The van der Waals surface area contributed by atoms with E-state index >= 15 is 0 Å². The lowest BCUT2D eigenvalue weighted by molar-refractivity contribution is -0.140. The number of halogens is 4. The molecule has 0 aliphatic carbocycles. The van der Waals surface area contributed by atoms with Gasteiger partial charge in [0, 0.05) is 21.9 Å². The Labute approximate surface area is 169 Å². The zero-order valence-corrected chi connectivity index (χ0v) is 16.0. The summed E-state index contributed by atoms with van der Waals surface area (Å²) in [5, 5.41) is 1.17. The minimum absolute atomic E-state index is 0.102. The third-order valence-corrected chi connectivity index (χ3v) is 5.24. The van der Waals surface area contributed by atoms with Crippen LogP contribution >= 0.6 is 0 Å². The molecule has 0 saturated carbocycles. The number of rotatable bonds is 4. The van der Waals surface area contributed by atoms with Crippen molar-refractivity contribution >= 4 is 27.7 Å². The number of fused-ring (bicyclic) bond motifs is 3. The van der Waals surface area contributed by atoms with Gasteiger partial charge in [0.25, 0.3) is 0 Å². The summed E-state index contributed by atoms with van der Waals surface area (Å²) >= 11 is 0. The van der Waals surface area contributed by atoms with Gasteiger partial charge in [-0.3, -0.25) is 4.79 Å². The van der Waals surface area contributed by atoms with E-state index in [1.54, 1.807) is 28.8 Å². The van der Waals surface area contributed by atoms with Gasteiger partial charge in [-0.05, 0) is 42.3 Å². The first-order valence-electron chi connectivity index (χ1n) is 9.32. The van der Waals surface area contributed by atoms with E-state index in [0.29, 0.717) is 28.2 Å². The summed E-state index contributed by atoms with van der Waals surface area (Å²) in [5.41, 5.74) is 6.58. The summed E-state index contributed by atoms with van der Waals surface area (Å²) in [6.07, 6.45) is -4.07. The lowest BCUT2D eigenvalue weighted by Gasteiger charge is -2.13. The molecule has 153 valence electrons. The van der Waals surface area contributed by atoms with E-state index < -0.39 is 23.5 Å². The normalized spacial score (nSPS) is 12.0. The molecule has 3 aromatic carbocycles. The highest BCUT2D eigenvalue weighted by atomic mass is 19.4. The number of aromatic nitrogens is 1. The van der Waals surface area contributed by atoms with Crippen LogP contribution in [0.3, 0.4) is 0 Å². The fraction of sp³-hybridized carbons (Fsp3) is 0.174.